The Labute approximate surface area is 115 Å². The third kappa shape index (κ3) is 3.85. The van der Waals surface area contributed by atoms with E-state index in [1.165, 1.54) is 0 Å². The number of nitrogens with zero attached hydrogens (tertiary/aromatic N) is 1. The highest BCUT2D eigenvalue weighted by Crippen LogP contribution is 2.26. The second-order valence-electron chi connectivity index (χ2n) is 5.27. The lowest BCUT2D eigenvalue weighted by atomic mass is 9.90. The molecule has 0 saturated carbocycles. The average Bonchev–Trinajstić information content (AvgIpc) is 2.45. The van der Waals surface area contributed by atoms with Gasteiger partial charge in [0.1, 0.15) is 6.61 Å². The molecule has 0 spiro atoms. The van der Waals surface area contributed by atoms with Crippen molar-refractivity contribution >= 4 is 0 Å². The summed E-state index contributed by atoms with van der Waals surface area (Å²) in [6, 6.07) is 7.79. The number of rotatable bonds is 5. The maximum absolute atomic E-state index is 6.25. The minimum absolute atomic E-state index is 0.0959. The molecule has 0 amide bonds. The third-order valence-electron chi connectivity index (χ3n) is 3.87. The van der Waals surface area contributed by atoms with Crippen LogP contribution in [0.2, 0.25) is 0 Å². The van der Waals surface area contributed by atoms with Gasteiger partial charge in [-0.1, -0.05) is 12.1 Å². The van der Waals surface area contributed by atoms with Crippen molar-refractivity contribution in [2.75, 3.05) is 33.9 Å². The zero-order chi connectivity index (χ0) is 13.7. The summed E-state index contributed by atoms with van der Waals surface area (Å²) in [5.74, 6) is 2.09. The van der Waals surface area contributed by atoms with Crippen molar-refractivity contribution in [3.8, 4) is 11.5 Å². The van der Waals surface area contributed by atoms with Gasteiger partial charge < -0.3 is 20.1 Å². The van der Waals surface area contributed by atoms with Crippen LogP contribution in [0.4, 0.5) is 0 Å². The zero-order valence-corrected chi connectivity index (χ0v) is 11.8. The smallest absolute Gasteiger partial charge is 0.161 e. The normalized spacial score (nSPS) is 19.1. The highest BCUT2D eigenvalue weighted by Gasteiger charge is 2.23. The highest BCUT2D eigenvalue weighted by atomic mass is 16.5. The van der Waals surface area contributed by atoms with Gasteiger partial charge in [-0.25, -0.2) is 0 Å². The second-order valence-corrected chi connectivity index (χ2v) is 5.27. The Bertz CT molecular complexity index is 389. The monoisotopic (exact) mass is 264 g/mol. The first-order chi connectivity index (χ1) is 9.20. The number of hydrogen-bond donors (Lipinski definition) is 1. The van der Waals surface area contributed by atoms with E-state index in [2.05, 4.69) is 11.9 Å². The molecule has 2 N–H and O–H groups in total. The van der Waals surface area contributed by atoms with Crippen LogP contribution in [0.1, 0.15) is 12.8 Å². The minimum Gasteiger partial charge on any atom is -0.493 e. The lowest BCUT2D eigenvalue weighted by Crippen LogP contribution is -2.42. The number of piperidine rings is 1. The molecule has 1 aromatic rings. The molecule has 0 aliphatic carbocycles. The summed E-state index contributed by atoms with van der Waals surface area (Å²) in [5.41, 5.74) is 6.25. The van der Waals surface area contributed by atoms with Gasteiger partial charge in [-0.05, 0) is 51.0 Å². The van der Waals surface area contributed by atoms with Crippen LogP contribution in [0.5, 0.6) is 11.5 Å². The molecule has 4 nitrogen and oxygen atoms in total. The van der Waals surface area contributed by atoms with E-state index in [1.54, 1.807) is 7.11 Å². The molecule has 1 unspecified atom stereocenters. The average molecular weight is 264 g/mol. The summed E-state index contributed by atoms with van der Waals surface area (Å²) in [4.78, 5) is 2.35. The van der Waals surface area contributed by atoms with Crippen molar-refractivity contribution in [1.82, 2.24) is 4.90 Å². The van der Waals surface area contributed by atoms with Crippen LogP contribution < -0.4 is 15.2 Å². The topological polar surface area (TPSA) is 47.7 Å². The first kappa shape index (κ1) is 14.2. The molecule has 1 aromatic carbocycles. The molecule has 1 atom stereocenters. The van der Waals surface area contributed by atoms with E-state index < -0.39 is 0 Å². The van der Waals surface area contributed by atoms with Crippen molar-refractivity contribution in [1.29, 1.82) is 0 Å². The Morgan fingerprint density at radius 1 is 1.26 bits per heavy atom. The summed E-state index contributed by atoms with van der Waals surface area (Å²) in [5, 5.41) is 0. The van der Waals surface area contributed by atoms with E-state index in [4.69, 9.17) is 15.2 Å². The van der Waals surface area contributed by atoms with Crippen LogP contribution in [0.15, 0.2) is 24.3 Å². The third-order valence-corrected chi connectivity index (χ3v) is 3.87. The Hall–Kier alpha value is -1.26. The van der Waals surface area contributed by atoms with Gasteiger partial charge in [-0.3, -0.25) is 0 Å². The summed E-state index contributed by atoms with van der Waals surface area (Å²) in [6.45, 7) is 2.81. The maximum Gasteiger partial charge on any atom is 0.161 e. The van der Waals surface area contributed by atoms with E-state index >= 15 is 0 Å². The maximum atomic E-state index is 6.25. The number of benzene rings is 1. The second kappa shape index (κ2) is 6.78. The summed E-state index contributed by atoms with van der Waals surface area (Å²) in [7, 11) is 3.81. The highest BCUT2D eigenvalue weighted by molar-refractivity contribution is 5.39. The van der Waals surface area contributed by atoms with Gasteiger partial charge in [0.25, 0.3) is 0 Å². The molecule has 1 fully saturated rings. The Morgan fingerprint density at radius 2 is 1.89 bits per heavy atom. The van der Waals surface area contributed by atoms with Crippen LogP contribution in [0.3, 0.4) is 0 Å². The Balaban J connectivity index is 1.84. The standard InChI is InChI=1S/C15H24N2O2/c1-17-9-7-12(8-10-17)13(16)11-19-15-6-4-3-5-14(15)18-2/h3-6,12-13H,7-11,16H2,1-2H3. The molecule has 1 aliphatic heterocycles. The van der Waals surface area contributed by atoms with Gasteiger partial charge in [-0.2, -0.15) is 0 Å². The number of hydrogen-bond acceptors (Lipinski definition) is 4. The number of ether oxygens (including phenoxy) is 2. The molecule has 0 radical (unpaired) electrons. The predicted molar refractivity (Wildman–Crippen MR) is 76.7 cm³/mol. The Kier molecular flexibility index (Phi) is 5.05. The van der Waals surface area contributed by atoms with Crippen molar-refractivity contribution in [2.45, 2.75) is 18.9 Å². The predicted octanol–water partition coefficient (Wildman–Crippen LogP) is 1.74. The lowest BCUT2D eigenvalue weighted by molar-refractivity contribution is 0.165. The first-order valence-electron chi connectivity index (χ1n) is 6.90. The molecule has 19 heavy (non-hydrogen) atoms. The lowest BCUT2D eigenvalue weighted by Gasteiger charge is -2.32. The fourth-order valence-corrected chi connectivity index (χ4v) is 2.52. The van der Waals surface area contributed by atoms with Crippen molar-refractivity contribution in [3.63, 3.8) is 0 Å². The molecule has 106 valence electrons. The van der Waals surface area contributed by atoms with Crippen LogP contribution in [-0.4, -0.2) is 44.8 Å². The number of likely N-dealkylation sites (tertiary alicyclic amines) is 1. The largest absolute Gasteiger partial charge is 0.493 e. The van der Waals surface area contributed by atoms with E-state index in [-0.39, 0.29) is 6.04 Å². The quantitative estimate of drug-likeness (QED) is 0.880. The number of nitrogens with two attached hydrogens (primary N) is 1. The first-order valence-corrected chi connectivity index (χ1v) is 6.90. The number of para-hydroxylation sites is 2. The van der Waals surface area contributed by atoms with Gasteiger partial charge in [0.2, 0.25) is 0 Å². The molecular formula is C15H24N2O2. The molecule has 1 saturated heterocycles. The van der Waals surface area contributed by atoms with E-state index in [0.717, 1.165) is 37.4 Å². The molecule has 2 rings (SSSR count). The van der Waals surface area contributed by atoms with Crippen LogP contribution in [0, 0.1) is 5.92 Å². The van der Waals surface area contributed by atoms with Crippen molar-refractivity contribution in [2.24, 2.45) is 11.7 Å². The fraction of sp³-hybridized carbons (Fsp3) is 0.600. The van der Waals surface area contributed by atoms with E-state index in [9.17, 15) is 0 Å². The molecule has 1 heterocycles. The van der Waals surface area contributed by atoms with Crippen LogP contribution in [-0.2, 0) is 0 Å². The molecule has 0 bridgehead atoms. The summed E-state index contributed by atoms with van der Waals surface area (Å²) >= 11 is 0. The SMILES string of the molecule is COc1ccccc1OCC(N)C1CCN(C)CC1. The Morgan fingerprint density at radius 3 is 2.53 bits per heavy atom. The van der Waals surface area contributed by atoms with Gasteiger partial charge in [0.15, 0.2) is 11.5 Å². The number of methoxy groups -OCH3 is 1. The van der Waals surface area contributed by atoms with Crippen molar-refractivity contribution in [3.05, 3.63) is 24.3 Å². The molecule has 1 aliphatic rings. The van der Waals surface area contributed by atoms with Gasteiger partial charge in [0.05, 0.1) is 7.11 Å². The fourth-order valence-electron chi connectivity index (χ4n) is 2.52. The van der Waals surface area contributed by atoms with Crippen LogP contribution in [0.25, 0.3) is 0 Å². The van der Waals surface area contributed by atoms with E-state index in [1.807, 2.05) is 24.3 Å². The van der Waals surface area contributed by atoms with Crippen LogP contribution >= 0.6 is 0 Å². The zero-order valence-electron chi connectivity index (χ0n) is 11.8. The summed E-state index contributed by atoms with van der Waals surface area (Å²) in [6.07, 6.45) is 2.32. The molecular weight excluding hydrogens is 240 g/mol. The minimum atomic E-state index is 0.0959. The van der Waals surface area contributed by atoms with Gasteiger partial charge in [0, 0.05) is 6.04 Å². The molecule has 4 heteroatoms. The van der Waals surface area contributed by atoms with Gasteiger partial charge in [-0.15, -0.1) is 0 Å². The van der Waals surface area contributed by atoms with E-state index in [0.29, 0.717) is 12.5 Å². The van der Waals surface area contributed by atoms with Gasteiger partial charge >= 0.3 is 0 Å². The van der Waals surface area contributed by atoms with Crippen molar-refractivity contribution < 1.29 is 9.47 Å². The summed E-state index contributed by atoms with van der Waals surface area (Å²) < 4.78 is 11.1. The molecule has 0 aromatic heterocycles.